The molecule has 3 N–H and O–H groups in total. The average Bonchev–Trinajstić information content (AvgIpc) is 2.64. The summed E-state index contributed by atoms with van der Waals surface area (Å²) in [4.78, 5) is 23.3. The Hall–Kier alpha value is -2.66. The van der Waals surface area contributed by atoms with E-state index in [0.29, 0.717) is 18.7 Å². The van der Waals surface area contributed by atoms with Crippen LogP contribution in [0.4, 0.5) is 0 Å². The summed E-state index contributed by atoms with van der Waals surface area (Å²) in [6.07, 6.45) is 0. The molecule has 1 amide bonds. The molecule has 1 atom stereocenters. The highest BCUT2D eigenvalue weighted by atomic mass is 16.5. The first kappa shape index (κ1) is 17.7. The Kier molecular flexibility index (Phi) is 6.51. The number of hydrogen-bond acceptors (Lipinski definition) is 3. The van der Waals surface area contributed by atoms with Crippen LogP contribution < -0.4 is 10.6 Å². The minimum absolute atomic E-state index is 0.0187. The number of quaternary nitrogens is 1. The van der Waals surface area contributed by atoms with Crippen molar-refractivity contribution in [3.05, 3.63) is 71.3 Å². The van der Waals surface area contributed by atoms with E-state index in [-0.39, 0.29) is 17.9 Å². The molecule has 0 aliphatic heterocycles. The molecular weight excluding hydrogens is 304 g/mol. The van der Waals surface area contributed by atoms with Crippen LogP contribution >= 0.6 is 0 Å². The van der Waals surface area contributed by atoms with Crippen LogP contribution in [0.15, 0.2) is 54.6 Å². The van der Waals surface area contributed by atoms with Crippen molar-refractivity contribution < 1.29 is 19.6 Å². The zero-order valence-electron chi connectivity index (χ0n) is 14.0. The van der Waals surface area contributed by atoms with E-state index in [4.69, 9.17) is 0 Å². The van der Waals surface area contributed by atoms with Crippen molar-refractivity contribution in [1.29, 1.82) is 0 Å². The number of amides is 1. The maximum absolute atomic E-state index is 12.0. The largest absolute Gasteiger partial charge is 0.465 e. The van der Waals surface area contributed by atoms with Gasteiger partial charge in [0.2, 0.25) is 0 Å². The van der Waals surface area contributed by atoms with Crippen LogP contribution in [0.25, 0.3) is 0 Å². The van der Waals surface area contributed by atoms with Crippen LogP contribution in [0.2, 0.25) is 0 Å². The second kappa shape index (κ2) is 8.84. The summed E-state index contributed by atoms with van der Waals surface area (Å²) in [6, 6.07) is 17.3. The van der Waals surface area contributed by atoms with Crippen molar-refractivity contribution in [2.75, 3.05) is 13.7 Å². The molecule has 0 saturated heterocycles. The number of methoxy groups -OCH3 is 1. The van der Waals surface area contributed by atoms with Crippen molar-refractivity contribution in [3.63, 3.8) is 0 Å². The van der Waals surface area contributed by atoms with E-state index in [1.165, 1.54) is 12.7 Å². The van der Waals surface area contributed by atoms with E-state index in [1.807, 2.05) is 35.6 Å². The number of nitrogens with one attached hydrogen (secondary N) is 1. The summed E-state index contributed by atoms with van der Waals surface area (Å²) in [5.41, 5.74) is 2.63. The lowest BCUT2D eigenvalue weighted by atomic mass is 10.1. The predicted octanol–water partition coefficient (Wildman–Crippen LogP) is 1.41. The number of carbonyl (C=O) groups excluding carboxylic acids is 2. The first-order valence-electron chi connectivity index (χ1n) is 7.92. The lowest BCUT2D eigenvalue weighted by molar-refractivity contribution is -0.682. The first-order valence-corrected chi connectivity index (χ1v) is 7.92. The summed E-state index contributed by atoms with van der Waals surface area (Å²) in [6.45, 7) is 2.89. The minimum atomic E-state index is -0.366. The van der Waals surface area contributed by atoms with Crippen molar-refractivity contribution in [1.82, 2.24) is 5.32 Å². The lowest BCUT2D eigenvalue weighted by Crippen LogP contribution is -2.87. The molecule has 0 heterocycles. The molecule has 0 aliphatic carbocycles. The first-order chi connectivity index (χ1) is 11.6. The Bertz CT molecular complexity index is 669. The van der Waals surface area contributed by atoms with Gasteiger partial charge in [-0.05, 0) is 24.6 Å². The molecule has 0 radical (unpaired) electrons. The topological polar surface area (TPSA) is 72.0 Å². The fourth-order valence-electron chi connectivity index (χ4n) is 2.33. The van der Waals surface area contributed by atoms with Gasteiger partial charge in [-0.15, -0.1) is 0 Å². The van der Waals surface area contributed by atoms with E-state index in [0.717, 1.165) is 5.56 Å². The lowest BCUT2D eigenvalue weighted by Gasteiger charge is -2.11. The second-order valence-corrected chi connectivity index (χ2v) is 5.60. The molecule has 0 spiro atoms. The van der Waals surface area contributed by atoms with Gasteiger partial charge < -0.3 is 15.4 Å². The number of carbonyl (C=O) groups is 2. The zero-order chi connectivity index (χ0) is 17.4. The third kappa shape index (κ3) is 5.21. The van der Waals surface area contributed by atoms with Gasteiger partial charge in [0.1, 0.15) is 6.04 Å². The van der Waals surface area contributed by atoms with Crippen LogP contribution in [-0.2, 0) is 16.1 Å². The fourth-order valence-corrected chi connectivity index (χ4v) is 2.33. The second-order valence-electron chi connectivity index (χ2n) is 5.60. The summed E-state index contributed by atoms with van der Waals surface area (Å²) in [5.74, 6) is -0.384. The summed E-state index contributed by atoms with van der Waals surface area (Å²) < 4.78 is 4.65. The standard InChI is InChI=1S/C19H22N2O3/c1-14(16-6-4-3-5-7-16)20-13-18(22)21-12-15-8-10-17(11-9-15)19(23)24-2/h3-11,14,20H,12-13H2,1-2H3,(H,21,22)/p+1/t14-/m1/s1. The van der Waals surface area contributed by atoms with Gasteiger partial charge in [0, 0.05) is 12.1 Å². The maximum atomic E-state index is 12.0. The highest BCUT2D eigenvalue weighted by Crippen LogP contribution is 2.06. The van der Waals surface area contributed by atoms with Crippen molar-refractivity contribution in [2.24, 2.45) is 0 Å². The third-order valence-corrected chi connectivity index (χ3v) is 3.85. The number of ether oxygens (including phenoxy) is 1. The molecule has 0 fully saturated rings. The van der Waals surface area contributed by atoms with Gasteiger partial charge in [-0.25, -0.2) is 4.79 Å². The molecule has 24 heavy (non-hydrogen) atoms. The normalized spacial score (nSPS) is 11.6. The molecule has 2 aromatic carbocycles. The van der Waals surface area contributed by atoms with E-state index in [2.05, 4.69) is 29.1 Å². The van der Waals surface area contributed by atoms with E-state index in [9.17, 15) is 9.59 Å². The van der Waals surface area contributed by atoms with Gasteiger partial charge in [-0.3, -0.25) is 4.79 Å². The third-order valence-electron chi connectivity index (χ3n) is 3.85. The summed E-state index contributed by atoms with van der Waals surface area (Å²) in [7, 11) is 1.35. The SMILES string of the molecule is COC(=O)c1ccc(CNC(=O)C[NH2+][C@H](C)c2ccccc2)cc1. The zero-order valence-corrected chi connectivity index (χ0v) is 14.0. The molecule has 0 saturated carbocycles. The Morgan fingerprint density at radius 1 is 1.08 bits per heavy atom. The highest BCUT2D eigenvalue weighted by molar-refractivity contribution is 5.89. The summed E-state index contributed by atoms with van der Waals surface area (Å²) >= 11 is 0. The Balaban J connectivity index is 1.76. The van der Waals surface area contributed by atoms with Crippen LogP contribution in [0, 0.1) is 0 Å². The highest BCUT2D eigenvalue weighted by Gasteiger charge is 2.11. The Morgan fingerprint density at radius 3 is 2.38 bits per heavy atom. The van der Waals surface area contributed by atoms with Crippen LogP contribution in [0.3, 0.4) is 0 Å². The van der Waals surface area contributed by atoms with E-state index in [1.54, 1.807) is 12.1 Å². The molecule has 5 nitrogen and oxygen atoms in total. The Morgan fingerprint density at radius 2 is 1.75 bits per heavy atom. The van der Waals surface area contributed by atoms with Crippen molar-refractivity contribution >= 4 is 11.9 Å². The number of esters is 1. The van der Waals surface area contributed by atoms with Gasteiger partial charge >= 0.3 is 5.97 Å². The van der Waals surface area contributed by atoms with Crippen LogP contribution in [-0.4, -0.2) is 25.5 Å². The maximum Gasteiger partial charge on any atom is 0.337 e. The Labute approximate surface area is 142 Å². The quantitative estimate of drug-likeness (QED) is 0.756. The van der Waals surface area contributed by atoms with Crippen molar-refractivity contribution in [3.8, 4) is 0 Å². The smallest absolute Gasteiger partial charge is 0.337 e. The van der Waals surface area contributed by atoms with E-state index < -0.39 is 0 Å². The van der Waals surface area contributed by atoms with E-state index >= 15 is 0 Å². The van der Waals surface area contributed by atoms with Crippen LogP contribution in [0.5, 0.6) is 0 Å². The van der Waals surface area contributed by atoms with Gasteiger partial charge in [0.15, 0.2) is 6.54 Å². The molecular formula is C19H23N2O3+. The molecule has 126 valence electrons. The summed E-state index contributed by atoms with van der Waals surface area (Å²) in [5, 5.41) is 4.89. The monoisotopic (exact) mass is 327 g/mol. The predicted molar refractivity (Wildman–Crippen MR) is 91.3 cm³/mol. The minimum Gasteiger partial charge on any atom is -0.465 e. The van der Waals surface area contributed by atoms with Gasteiger partial charge in [0.05, 0.1) is 12.7 Å². The molecule has 0 unspecified atom stereocenters. The number of benzene rings is 2. The average molecular weight is 327 g/mol. The molecule has 0 bridgehead atoms. The fraction of sp³-hybridized carbons (Fsp3) is 0.263. The van der Waals surface area contributed by atoms with Crippen LogP contribution in [0.1, 0.15) is 34.5 Å². The molecule has 2 aromatic rings. The van der Waals surface area contributed by atoms with Crippen molar-refractivity contribution in [2.45, 2.75) is 19.5 Å². The molecule has 0 aromatic heterocycles. The molecule has 2 rings (SSSR count). The number of nitrogens with two attached hydrogens (primary N) is 1. The van der Waals surface area contributed by atoms with Gasteiger partial charge in [0.25, 0.3) is 5.91 Å². The van der Waals surface area contributed by atoms with Gasteiger partial charge in [-0.2, -0.15) is 0 Å². The van der Waals surface area contributed by atoms with Gasteiger partial charge in [-0.1, -0.05) is 42.5 Å². The number of rotatable bonds is 7. The molecule has 5 heteroatoms. The molecule has 0 aliphatic rings. The number of hydrogen-bond donors (Lipinski definition) is 2.